The second kappa shape index (κ2) is 8.12. The van der Waals surface area contributed by atoms with Gasteiger partial charge in [0.2, 0.25) is 0 Å². The molecule has 5 nitrogen and oxygen atoms in total. The Kier molecular flexibility index (Phi) is 5.47. The third kappa shape index (κ3) is 3.18. The third-order valence-corrected chi connectivity index (χ3v) is 9.34. The molecule has 0 bridgehead atoms. The number of hydrogen-bond donors (Lipinski definition) is 0. The van der Waals surface area contributed by atoms with Crippen LogP contribution in [0.5, 0.6) is 0 Å². The first kappa shape index (κ1) is 22.9. The fourth-order valence-electron chi connectivity index (χ4n) is 7.73. The Morgan fingerprint density at radius 1 is 1.12 bits per heavy atom. The Hall–Kier alpha value is -2.87. The number of rotatable bonds is 3. The zero-order valence-electron chi connectivity index (χ0n) is 20.7. The summed E-state index contributed by atoms with van der Waals surface area (Å²) in [5.74, 6) is 6.97. The van der Waals surface area contributed by atoms with Gasteiger partial charge in [-0.3, -0.25) is 14.9 Å². The summed E-state index contributed by atoms with van der Waals surface area (Å²) in [5, 5.41) is 12.6. The van der Waals surface area contributed by atoms with Gasteiger partial charge in [0.25, 0.3) is 5.54 Å². The van der Waals surface area contributed by atoms with E-state index in [0.717, 1.165) is 37.8 Å². The molecule has 0 amide bonds. The molecule has 5 heteroatoms. The first-order valence-electron chi connectivity index (χ1n) is 12.5. The van der Waals surface area contributed by atoms with Gasteiger partial charge in [-0.05, 0) is 91.7 Å². The number of anilines is 1. The van der Waals surface area contributed by atoms with E-state index >= 15 is 0 Å². The molecule has 0 unspecified atom stereocenters. The topological polar surface area (TPSA) is 63.5 Å². The lowest BCUT2D eigenvalue weighted by Crippen LogP contribution is -2.54. The minimum absolute atomic E-state index is 0.0682. The number of carbonyl (C=O) groups excluding carboxylic acids is 1. The second-order valence-corrected chi connectivity index (χ2v) is 11.0. The molecule has 5 atom stereocenters. The van der Waals surface area contributed by atoms with E-state index in [1.807, 2.05) is 20.2 Å². The summed E-state index contributed by atoms with van der Waals surface area (Å²) in [6.07, 6.45) is 7.22. The molecule has 0 saturated heterocycles. The van der Waals surface area contributed by atoms with Gasteiger partial charge in [-0.1, -0.05) is 30.6 Å². The Labute approximate surface area is 202 Å². The fraction of sp³-hybridized carbons (Fsp3) is 0.552. The van der Waals surface area contributed by atoms with E-state index in [1.54, 1.807) is 6.92 Å². The number of fused-ring (bicyclic) bond motifs is 4. The quantitative estimate of drug-likeness (QED) is 0.332. The molecule has 1 aromatic rings. The van der Waals surface area contributed by atoms with Gasteiger partial charge in [-0.15, -0.1) is 0 Å². The predicted molar refractivity (Wildman–Crippen MR) is 134 cm³/mol. The molecule has 1 aromatic carbocycles. The highest BCUT2D eigenvalue weighted by Gasteiger charge is 2.69. The normalized spacial score (nSPS) is 34.3. The van der Waals surface area contributed by atoms with Crippen LogP contribution in [-0.4, -0.2) is 30.3 Å². The second-order valence-electron chi connectivity index (χ2n) is 11.0. The molecule has 0 heterocycles. The molecule has 0 radical (unpaired) electrons. The Bertz CT molecular complexity index is 1170. The zero-order chi connectivity index (χ0) is 24.3. The largest absolute Gasteiger partial charge is 0.378 e. The van der Waals surface area contributed by atoms with Crippen molar-refractivity contribution in [2.24, 2.45) is 17.3 Å². The van der Waals surface area contributed by atoms with E-state index in [4.69, 9.17) is 0 Å². The van der Waals surface area contributed by atoms with Crippen molar-refractivity contribution in [2.45, 2.75) is 70.3 Å². The number of allylic oxidation sites excluding steroid dienone is 4. The molecule has 2 fully saturated rings. The molecule has 178 valence electrons. The van der Waals surface area contributed by atoms with Crippen LogP contribution in [-0.2, 0) is 4.79 Å². The van der Waals surface area contributed by atoms with E-state index in [0.29, 0.717) is 18.8 Å². The van der Waals surface area contributed by atoms with Gasteiger partial charge in [0.1, 0.15) is 0 Å². The maximum absolute atomic E-state index is 12.6. The molecule has 4 aliphatic rings. The summed E-state index contributed by atoms with van der Waals surface area (Å²) in [5.41, 5.74) is 4.74. The Balaban J connectivity index is 1.70. The summed E-state index contributed by atoms with van der Waals surface area (Å²) < 4.78 is 0. The van der Waals surface area contributed by atoms with Crippen LogP contribution in [0.25, 0.3) is 0 Å². The van der Waals surface area contributed by atoms with Crippen molar-refractivity contribution < 1.29 is 9.72 Å². The van der Waals surface area contributed by atoms with Gasteiger partial charge in [-0.25, -0.2) is 0 Å². The Morgan fingerprint density at radius 2 is 1.85 bits per heavy atom. The molecule has 5 rings (SSSR count). The maximum atomic E-state index is 12.6. The van der Waals surface area contributed by atoms with Crippen molar-refractivity contribution in [3.63, 3.8) is 0 Å². The number of benzene rings is 1. The zero-order valence-corrected chi connectivity index (χ0v) is 20.7. The standard InChI is InChI=1S/C29H34N2O3/c1-5-15-29(31(33)34)16-14-26-24-12-8-20-17-22(32)11-13-23(20)27(24)25(18-28(26,29)2)19-6-9-21(10-7-19)30(3)4/h6-7,9-10,17,24-26H,8,11-14,16,18H2,1-4H3/t24-,25+,26-,28-,29-/m0/s1. The van der Waals surface area contributed by atoms with Crippen molar-refractivity contribution in [2.75, 3.05) is 19.0 Å². The predicted octanol–water partition coefficient (Wildman–Crippen LogP) is 5.69. The van der Waals surface area contributed by atoms with Gasteiger partial charge in [0.05, 0.1) is 5.41 Å². The molecule has 4 aliphatic carbocycles. The van der Waals surface area contributed by atoms with Crippen LogP contribution in [0.1, 0.15) is 70.3 Å². The van der Waals surface area contributed by atoms with E-state index in [9.17, 15) is 14.9 Å². The fourth-order valence-corrected chi connectivity index (χ4v) is 7.73. The van der Waals surface area contributed by atoms with E-state index < -0.39 is 11.0 Å². The molecule has 0 aromatic heterocycles. The maximum Gasteiger partial charge on any atom is 0.286 e. The number of nitro groups is 1. The SMILES string of the molecule is CC#C[C@]1([N+](=O)[O-])CC[C@H]2[C@@H]3CCC4=CC(=O)CCC4=C3[C@@H](c3ccc(N(C)C)cc3)C[C@@]21C. The number of nitrogens with zero attached hydrogens (tertiary/aromatic N) is 2. The van der Waals surface area contributed by atoms with E-state index in [-0.39, 0.29) is 22.5 Å². The van der Waals surface area contributed by atoms with Gasteiger partial charge in [-0.2, -0.15) is 0 Å². The van der Waals surface area contributed by atoms with E-state index in [1.165, 1.54) is 22.3 Å². The van der Waals surface area contributed by atoms with Crippen LogP contribution in [0.3, 0.4) is 0 Å². The minimum Gasteiger partial charge on any atom is -0.378 e. The lowest BCUT2D eigenvalue weighted by molar-refractivity contribution is -0.571. The van der Waals surface area contributed by atoms with Crippen molar-refractivity contribution in [3.05, 3.63) is 62.7 Å². The van der Waals surface area contributed by atoms with Crippen LogP contribution in [0.2, 0.25) is 0 Å². The molecule has 0 spiro atoms. The summed E-state index contributed by atoms with van der Waals surface area (Å²) in [4.78, 5) is 26.8. The highest BCUT2D eigenvalue weighted by atomic mass is 16.6. The minimum atomic E-state index is -1.19. The molecular formula is C29H34N2O3. The molecule has 0 N–H and O–H groups in total. The van der Waals surface area contributed by atoms with Gasteiger partial charge < -0.3 is 4.90 Å². The van der Waals surface area contributed by atoms with E-state index in [2.05, 4.69) is 47.9 Å². The Morgan fingerprint density at radius 3 is 2.50 bits per heavy atom. The summed E-state index contributed by atoms with van der Waals surface area (Å²) >= 11 is 0. The smallest absolute Gasteiger partial charge is 0.286 e. The molecule has 0 aliphatic heterocycles. The lowest BCUT2D eigenvalue weighted by atomic mass is 9.50. The average Bonchev–Trinajstić information content (AvgIpc) is 3.11. The van der Waals surface area contributed by atoms with Crippen LogP contribution in [0, 0.1) is 39.2 Å². The van der Waals surface area contributed by atoms with Gasteiger partial charge in [0.15, 0.2) is 5.78 Å². The third-order valence-electron chi connectivity index (χ3n) is 9.34. The summed E-state index contributed by atoms with van der Waals surface area (Å²) in [7, 11) is 4.07. The summed E-state index contributed by atoms with van der Waals surface area (Å²) in [6.45, 7) is 3.88. The van der Waals surface area contributed by atoms with Gasteiger partial charge in [0, 0.05) is 43.5 Å². The first-order valence-corrected chi connectivity index (χ1v) is 12.5. The lowest BCUT2D eigenvalue weighted by Gasteiger charge is -2.52. The van der Waals surface area contributed by atoms with Crippen LogP contribution in [0.15, 0.2) is 47.1 Å². The van der Waals surface area contributed by atoms with Crippen molar-refractivity contribution in [1.82, 2.24) is 0 Å². The molecular weight excluding hydrogens is 424 g/mol. The van der Waals surface area contributed by atoms with Crippen molar-refractivity contribution in [1.29, 1.82) is 0 Å². The van der Waals surface area contributed by atoms with Crippen LogP contribution < -0.4 is 4.90 Å². The number of hydrogen-bond acceptors (Lipinski definition) is 4. The van der Waals surface area contributed by atoms with Crippen molar-refractivity contribution in [3.8, 4) is 11.8 Å². The summed E-state index contributed by atoms with van der Waals surface area (Å²) in [6, 6.07) is 8.70. The van der Waals surface area contributed by atoms with Crippen LogP contribution in [0.4, 0.5) is 5.69 Å². The first-order chi connectivity index (χ1) is 16.2. The average molecular weight is 459 g/mol. The number of ketones is 1. The highest BCUT2D eigenvalue weighted by molar-refractivity contribution is 5.93. The molecule has 2 saturated carbocycles. The number of carbonyl (C=O) groups is 1. The molecule has 34 heavy (non-hydrogen) atoms. The van der Waals surface area contributed by atoms with Crippen molar-refractivity contribution >= 4 is 11.5 Å². The highest BCUT2D eigenvalue weighted by Crippen LogP contribution is 2.67. The van der Waals surface area contributed by atoms with Crippen LogP contribution >= 0.6 is 0 Å². The van der Waals surface area contributed by atoms with Gasteiger partial charge >= 0.3 is 0 Å². The monoisotopic (exact) mass is 458 g/mol.